The van der Waals surface area contributed by atoms with E-state index in [2.05, 4.69) is 5.14 Å². The van der Waals surface area contributed by atoms with Gasteiger partial charge in [-0.3, -0.25) is 4.55 Å². The first kappa shape index (κ1) is 9.75. The molecule has 0 aliphatic heterocycles. The van der Waals surface area contributed by atoms with Crippen molar-refractivity contribution in [2.45, 2.75) is 0 Å². The Bertz CT molecular complexity index is 94.0. The molecule has 0 aromatic heterocycles. The van der Waals surface area contributed by atoms with Crippen molar-refractivity contribution in [3.05, 3.63) is 0 Å². The average molecular weight is 281 g/mol. The second-order valence-electron chi connectivity index (χ2n) is 0.515. The van der Waals surface area contributed by atoms with Gasteiger partial charge in [0.2, 0.25) is 0 Å². The minimum absolute atomic E-state index is 0. The second kappa shape index (κ2) is 2.69. The largest absolute Gasteiger partial charge is 0.330 e. The monoisotopic (exact) mass is 281 g/mol. The Morgan fingerprint density at radius 1 is 1.50 bits per heavy atom. The molecule has 6 heteroatoms. The van der Waals surface area contributed by atoms with Crippen LogP contribution in [0.2, 0.25) is 0 Å². The molecule has 3 N–H and O–H groups in total. The van der Waals surface area contributed by atoms with Crippen molar-refractivity contribution in [3.63, 3.8) is 0 Å². The van der Waals surface area contributed by atoms with Crippen LogP contribution in [0.1, 0.15) is 0 Å². The molecule has 0 heterocycles. The molecule has 0 aliphatic rings. The van der Waals surface area contributed by atoms with Gasteiger partial charge in [-0.05, 0) is 0 Å². The van der Waals surface area contributed by atoms with Crippen LogP contribution in [0.4, 0.5) is 0 Å². The van der Waals surface area contributed by atoms with Gasteiger partial charge < -0.3 is 0 Å². The summed E-state index contributed by atoms with van der Waals surface area (Å²) in [6.07, 6.45) is 0. The molecule has 0 atom stereocenters. The standard InChI is InChI=1S/H3NO3S.W/c1-5(2,3)4;/h(H3,1,2,3,4);. The zero-order chi connectivity index (χ0) is 4.50. The molecule has 0 fully saturated rings. The minimum atomic E-state index is -4.17. The van der Waals surface area contributed by atoms with Gasteiger partial charge in [0.15, 0.2) is 0 Å². The summed E-state index contributed by atoms with van der Waals surface area (Å²) in [5.74, 6) is 0. The summed E-state index contributed by atoms with van der Waals surface area (Å²) in [7, 11) is -4.17. The summed E-state index contributed by atoms with van der Waals surface area (Å²) in [5.41, 5.74) is 0. The van der Waals surface area contributed by atoms with Gasteiger partial charge in [0.1, 0.15) is 0 Å². The SMILES string of the molecule is NS(=O)(=O)O.[W]. The van der Waals surface area contributed by atoms with E-state index in [1.807, 2.05) is 0 Å². The van der Waals surface area contributed by atoms with E-state index in [9.17, 15) is 0 Å². The van der Waals surface area contributed by atoms with E-state index >= 15 is 0 Å². The van der Waals surface area contributed by atoms with Crippen molar-refractivity contribution in [2.24, 2.45) is 5.14 Å². The molecular formula is H3NO3SW. The predicted molar refractivity (Wildman–Crippen MR) is 15.7 cm³/mol. The van der Waals surface area contributed by atoms with Crippen molar-refractivity contribution < 1.29 is 34.0 Å². The molecule has 0 saturated carbocycles. The minimum Gasteiger partial charge on any atom is -0.274 e. The van der Waals surface area contributed by atoms with E-state index in [4.69, 9.17) is 13.0 Å². The normalized spacial score (nSPS) is 9.67. The fourth-order valence-corrected chi connectivity index (χ4v) is 0. The summed E-state index contributed by atoms with van der Waals surface area (Å²) in [5, 5.41) is 3.88. The molecule has 0 aromatic rings. The third kappa shape index (κ3) is 185. The van der Waals surface area contributed by atoms with Gasteiger partial charge >= 0.3 is 10.3 Å². The maximum absolute atomic E-state index is 8.97. The molecule has 0 saturated heterocycles. The zero-order valence-electron chi connectivity index (χ0n) is 2.66. The smallest absolute Gasteiger partial charge is 0.274 e. The van der Waals surface area contributed by atoms with Crippen molar-refractivity contribution in [2.75, 3.05) is 0 Å². The topological polar surface area (TPSA) is 80.4 Å². The van der Waals surface area contributed by atoms with E-state index in [0.717, 1.165) is 0 Å². The fourth-order valence-electron chi connectivity index (χ4n) is 0. The van der Waals surface area contributed by atoms with Crippen LogP contribution in [-0.2, 0) is 31.4 Å². The summed E-state index contributed by atoms with van der Waals surface area (Å²) in [4.78, 5) is 0. The summed E-state index contributed by atoms with van der Waals surface area (Å²) >= 11 is 0. The molecular weight excluding hydrogens is 278 g/mol. The van der Waals surface area contributed by atoms with Crippen molar-refractivity contribution in [1.29, 1.82) is 0 Å². The molecule has 0 bridgehead atoms. The molecule has 0 rings (SSSR count). The molecule has 0 unspecified atom stereocenters. The van der Waals surface area contributed by atoms with Crippen LogP contribution >= 0.6 is 0 Å². The Morgan fingerprint density at radius 3 is 1.50 bits per heavy atom. The zero-order valence-corrected chi connectivity index (χ0v) is 6.41. The molecule has 0 aromatic carbocycles. The van der Waals surface area contributed by atoms with E-state index < -0.39 is 10.3 Å². The Balaban J connectivity index is 0. The number of rotatable bonds is 0. The van der Waals surface area contributed by atoms with E-state index in [1.54, 1.807) is 0 Å². The van der Waals surface area contributed by atoms with Crippen LogP contribution in [0.3, 0.4) is 0 Å². The van der Waals surface area contributed by atoms with Crippen molar-refractivity contribution in [3.8, 4) is 0 Å². The molecule has 4 nitrogen and oxygen atoms in total. The van der Waals surface area contributed by atoms with Gasteiger partial charge in [0.05, 0.1) is 0 Å². The van der Waals surface area contributed by atoms with Gasteiger partial charge in [-0.1, -0.05) is 0 Å². The van der Waals surface area contributed by atoms with Crippen LogP contribution in [0.15, 0.2) is 0 Å². The molecule has 0 amide bonds. The van der Waals surface area contributed by atoms with Gasteiger partial charge in [0, 0.05) is 21.1 Å². The average Bonchev–Trinajstić information content (AvgIpc) is 0.722. The van der Waals surface area contributed by atoms with E-state index in [-0.39, 0.29) is 21.1 Å². The van der Waals surface area contributed by atoms with Gasteiger partial charge in [-0.2, -0.15) is 8.42 Å². The fraction of sp³-hybridized carbons (Fsp3) is 0. The van der Waals surface area contributed by atoms with Crippen LogP contribution in [0.25, 0.3) is 0 Å². The first-order valence-electron chi connectivity index (χ1n) is 0.752. The first-order chi connectivity index (χ1) is 2.00. The van der Waals surface area contributed by atoms with Crippen LogP contribution in [0, 0.1) is 0 Å². The summed E-state index contributed by atoms with van der Waals surface area (Å²) < 4.78 is 25.2. The van der Waals surface area contributed by atoms with Crippen LogP contribution in [0.5, 0.6) is 0 Å². The second-order valence-corrected chi connectivity index (χ2v) is 1.54. The molecule has 0 aliphatic carbocycles. The van der Waals surface area contributed by atoms with E-state index in [1.165, 1.54) is 0 Å². The molecule has 0 spiro atoms. The van der Waals surface area contributed by atoms with Crippen molar-refractivity contribution in [1.82, 2.24) is 0 Å². The van der Waals surface area contributed by atoms with Crippen molar-refractivity contribution >= 4 is 10.3 Å². The summed E-state index contributed by atoms with van der Waals surface area (Å²) in [6.45, 7) is 0. The maximum Gasteiger partial charge on any atom is 0.330 e. The Labute approximate surface area is 49.9 Å². The number of hydrogen-bond acceptors (Lipinski definition) is 2. The van der Waals surface area contributed by atoms with E-state index in [0.29, 0.717) is 0 Å². The Hall–Kier alpha value is 0.558. The number of nitrogens with two attached hydrogens (primary N) is 1. The third-order valence-electron chi connectivity index (χ3n) is 0. The third-order valence-corrected chi connectivity index (χ3v) is 0. The van der Waals surface area contributed by atoms with Crippen LogP contribution in [-0.4, -0.2) is 13.0 Å². The maximum atomic E-state index is 8.97. The Morgan fingerprint density at radius 2 is 1.50 bits per heavy atom. The number of hydrogen-bond donors (Lipinski definition) is 2. The van der Waals surface area contributed by atoms with Gasteiger partial charge in [0.25, 0.3) is 0 Å². The van der Waals surface area contributed by atoms with Gasteiger partial charge in [-0.15, -0.1) is 0 Å². The van der Waals surface area contributed by atoms with Gasteiger partial charge in [-0.25, -0.2) is 5.14 Å². The van der Waals surface area contributed by atoms with Crippen LogP contribution < -0.4 is 5.14 Å². The Kier molecular flexibility index (Phi) is 4.36. The molecule has 0 radical (unpaired) electrons. The predicted octanol–water partition coefficient (Wildman–Crippen LogP) is -1.25. The first-order valence-corrected chi connectivity index (χ1v) is 2.25. The molecule has 6 heavy (non-hydrogen) atoms. The molecule has 38 valence electrons. The quantitative estimate of drug-likeness (QED) is 0.544. The summed E-state index contributed by atoms with van der Waals surface area (Å²) in [6, 6.07) is 0.